The maximum Gasteiger partial charge on any atom is 0.533 e. The zero-order valence-electron chi connectivity index (χ0n) is 12.2. The zero-order chi connectivity index (χ0) is 15.7. The maximum atomic E-state index is 11.4. The van der Waals surface area contributed by atoms with Crippen LogP contribution in [0.4, 0.5) is 4.79 Å². The predicted octanol–water partition coefficient (Wildman–Crippen LogP) is 2.25. The Morgan fingerprint density at radius 2 is 1.81 bits per heavy atom. The Morgan fingerprint density at radius 3 is 2.38 bits per heavy atom. The molecule has 0 atom stereocenters. The van der Waals surface area contributed by atoms with E-state index in [-0.39, 0.29) is 19.4 Å². The van der Waals surface area contributed by atoms with Crippen molar-refractivity contribution in [3.63, 3.8) is 0 Å². The van der Waals surface area contributed by atoms with Gasteiger partial charge in [-0.05, 0) is 17.5 Å². The molecule has 1 amide bonds. The highest BCUT2D eigenvalue weighted by Gasteiger charge is 2.14. The van der Waals surface area contributed by atoms with Gasteiger partial charge in [-0.3, -0.25) is 4.79 Å². The van der Waals surface area contributed by atoms with E-state index in [0.717, 1.165) is 17.0 Å². The van der Waals surface area contributed by atoms with Crippen LogP contribution in [0.1, 0.15) is 30.9 Å². The van der Waals surface area contributed by atoms with E-state index in [1.807, 2.05) is 24.3 Å². The van der Waals surface area contributed by atoms with Crippen molar-refractivity contribution >= 4 is 18.3 Å². The lowest BCUT2D eigenvalue weighted by atomic mass is 10.1. The molecule has 0 saturated heterocycles. The average molecular weight is 293 g/mol. The number of benzene rings is 1. The molecule has 0 heterocycles. The molecule has 1 aromatic carbocycles. The van der Waals surface area contributed by atoms with E-state index in [1.165, 1.54) is 12.6 Å². The summed E-state index contributed by atoms with van der Waals surface area (Å²) in [6.45, 7) is 2.12. The second kappa shape index (κ2) is 8.73. The van der Waals surface area contributed by atoms with Gasteiger partial charge in [0.25, 0.3) is 5.91 Å². The molecule has 0 aliphatic heterocycles. The van der Waals surface area contributed by atoms with Gasteiger partial charge in [0.1, 0.15) is 12.9 Å². The molecule has 6 heteroatoms. The number of nitrogens with zero attached hydrogens (tertiary/aromatic N) is 1. The standard InChI is InChI=1S/C15H19NO5/c1-3-12-6-8-13(9-7-12)11-20-15(19)21-16(2)14(18)5-4-10-17/h6-10H,3-5,11H2,1-2H3. The number of rotatable bonds is 6. The topological polar surface area (TPSA) is 72.9 Å². The van der Waals surface area contributed by atoms with Crippen LogP contribution in [0.2, 0.25) is 0 Å². The largest absolute Gasteiger partial charge is 0.533 e. The highest BCUT2D eigenvalue weighted by Crippen LogP contribution is 2.07. The molecular weight excluding hydrogens is 274 g/mol. The fourth-order valence-corrected chi connectivity index (χ4v) is 1.54. The maximum absolute atomic E-state index is 11.4. The first-order valence-corrected chi connectivity index (χ1v) is 6.69. The summed E-state index contributed by atoms with van der Waals surface area (Å²) in [6, 6.07) is 7.65. The lowest BCUT2D eigenvalue weighted by Crippen LogP contribution is -2.30. The number of amides is 1. The van der Waals surface area contributed by atoms with Gasteiger partial charge < -0.3 is 14.4 Å². The third-order valence-electron chi connectivity index (χ3n) is 2.83. The minimum absolute atomic E-state index is 0.00817. The van der Waals surface area contributed by atoms with Crippen LogP contribution in [0.25, 0.3) is 0 Å². The molecule has 0 unspecified atom stereocenters. The summed E-state index contributed by atoms with van der Waals surface area (Å²) in [5.41, 5.74) is 2.03. The van der Waals surface area contributed by atoms with E-state index >= 15 is 0 Å². The Kier molecular flexibility index (Phi) is 6.94. The second-order valence-electron chi connectivity index (χ2n) is 4.40. The Bertz CT molecular complexity index is 483. The van der Waals surface area contributed by atoms with Crippen molar-refractivity contribution < 1.29 is 24.0 Å². The van der Waals surface area contributed by atoms with Gasteiger partial charge in [0.2, 0.25) is 0 Å². The number of hydroxylamine groups is 2. The second-order valence-corrected chi connectivity index (χ2v) is 4.40. The van der Waals surface area contributed by atoms with Gasteiger partial charge in [-0.1, -0.05) is 31.2 Å². The highest BCUT2D eigenvalue weighted by atomic mass is 16.8. The number of ether oxygens (including phenoxy) is 1. The number of carbonyl (C=O) groups excluding carboxylic acids is 3. The minimum atomic E-state index is -0.962. The molecule has 0 aromatic heterocycles. The number of aldehydes is 1. The molecule has 0 radical (unpaired) electrons. The van der Waals surface area contributed by atoms with Crippen molar-refractivity contribution in [1.82, 2.24) is 5.06 Å². The first-order chi connectivity index (χ1) is 10.1. The van der Waals surface area contributed by atoms with Crippen LogP contribution < -0.4 is 0 Å². The Labute approximate surface area is 123 Å². The summed E-state index contributed by atoms with van der Waals surface area (Å²) in [5.74, 6) is -0.466. The molecule has 0 saturated carbocycles. The Morgan fingerprint density at radius 1 is 1.19 bits per heavy atom. The van der Waals surface area contributed by atoms with Crippen molar-refractivity contribution in [2.75, 3.05) is 7.05 Å². The van der Waals surface area contributed by atoms with Crippen LogP contribution in [-0.4, -0.2) is 30.5 Å². The first kappa shape index (κ1) is 16.7. The van der Waals surface area contributed by atoms with Gasteiger partial charge in [0, 0.05) is 19.9 Å². The SMILES string of the molecule is CCc1ccc(COC(=O)ON(C)C(=O)CCC=O)cc1. The molecule has 0 aliphatic carbocycles. The summed E-state index contributed by atoms with van der Waals surface area (Å²) in [5, 5.41) is 0.770. The monoisotopic (exact) mass is 293 g/mol. The van der Waals surface area contributed by atoms with E-state index in [9.17, 15) is 14.4 Å². The summed E-state index contributed by atoms with van der Waals surface area (Å²) in [4.78, 5) is 37.7. The van der Waals surface area contributed by atoms with E-state index in [0.29, 0.717) is 6.29 Å². The third-order valence-corrected chi connectivity index (χ3v) is 2.83. The van der Waals surface area contributed by atoms with E-state index < -0.39 is 12.1 Å². The molecule has 0 aliphatic rings. The zero-order valence-corrected chi connectivity index (χ0v) is 12.2. The minimum Gasteiger partial charge on any atom is -0.428 e. The highest BCUT2D eigenvalue weighted by molar-refractivity contribution is 5.78. The van der Waals surface area contributed by atoms with Gasteiger partial charge in [0.05, 0.1) is 0 Å². The predicted molar refractivity (Wildman–Crippen MR) is 75.2 cm³/mol. The lowest BCUT2D eigenvalue weighted by Gasteiger charge is -2.15. The number of hydrogen-bond acceptors (Lipinski definition) is 5. The van der Waals surface area contributed by atoms with E-state index in [1.54, 1.807) is 0 Å². The van der Waals surface area contributed by atoms with Crippen LogP contribution in [0.15, 0.2) is 24.3 Å². The van der Waals surface area contributed by atoms with Crippen LogP contribution in [0.3, 0.4) is 0 Å². The molecule has 0 fully saturated rings. The molecular formula is C15H19NO5. The van der Waals surface area contributed by atoms with Gasteiger partial charge in [-0.15, -0.1) is 0 Å². The molecule has 1 rings (SSSR count). The summed E-state index contributed by atoms with van der Waals surface area (Å²) in [6.07, 6.45) is 0.689. The molecule has 0 spiro atoms. The quantitative estimate of drug-likeness (QED) is 0.457. The van der Waals surface area contributed by atoms with Crippen molar-refractivity contribution in [2.24, 2.45) is 0 Å². The third kappa shape index (κ3) is 6.07. The smallest absolute Gasteiger partial charge is 0.428 e. The molecule has 6 nitrogen and oxygen atoms in total. The van der Waals surface area contributed by atoms with Crippen molar-refractivity contribution in [2.45, 2.75) is 32.8 Å². The summed E-state index contributed by atoms with van der Waals surface area (Å²) in [7, 11) is 1.30. The lowest BCUT2D eigenvalue weighted by molar-refractivity contribution is -0.166. The van der Waals surface area contributed by atoms with Crippen LogP contribution in [0.5, 0.6) is 0 Å². The van der Waals surface area contributed by atoms with Crippen molar-refractivity contribution in [3.8, 4) is 0 Å². The number of carbonyl (C=O) groups is 3. The molecule has 1 aromatic rings. The fourth-order valence-electron chi connectivity index (χ4n) is 1.54. The van der Waals surface area contributed by atoms with E-state index in [2.05, 4.69) is 11.8 Å². The van der Waals surface area contributed by atoms with Gasteiger partial charge >= 0.3 is 6.16 Å². The van der Waals surface area contributed by atoms with Gasteiger partial charge in [0.15, 0.2) is 0 Å². The van der Waals surface area contributed by atoms with Crippen molar-refractivity contribution in [3.05, 3.63) is 35.4 Å². The average Bonchev–Trinajstić information content (AvgIpc) is 2.50. The summed E-state index contributed by atoms with van der Waals surface area (Å²) >= 11 is 0. The van der Waals surface area contributed by atoms with Crippen LogP contribution in [-0.2, 0) is 32.2 Å². The normalized spacial score (nSPS) is 9.81. The Hall–Kier alpha value is -2.37. The van der Waals surface area contributed by atoms with Gasteiger partial charge in [-0.25, -0.2) is 4.79 Å². The number of aryl methyl sites for hydroxylation is 1. The van der Waals surface area contributed by atoms with Crippen molar-refractivity contribution in [1.29, 1.82) is 0 Å². The fraction of sp³-hybridized carbons (Fsp3) is 0.400. The molecule has 0 N–H and O–H groups in total. The molecule has 114 valence electrons. The van der Waals surface area contributed by atoms with Crippen LogP contribution in [0, 0.1) is 0 Å². The first-order valence-electron chi connectivity index (χ1n) is 6.69. The molecule has 0 bridgehead atoms. The van der Waals surface area contributed by atoms with Gasteiger partial charge in [-0.2, -0.15) is 5.06 Å². The van der Waals surface area contributed by atoms with Crippen LogP contribution >= 0.6 is 0 Å². The summed E-state index contributed by atoms with van der Waals surface area (Å²) < 4.78 is 4.90. The molecule has 21 heavy (non-hydrogen) atoms. The number of hydrogen-bond donors (Lipinski definition) is 0. The Balaban J connectivity index is 2.35. The van der Waals surface area contributed by atoms with E-state index in [4.69, 9.17) is 4.74 Å².